The van der Waals surface area contributed by atoms with Gasteiger partial charge in [-0.15, -0.1) is 0 Å². The van der Waals surface area contributed by atoms with Crippen molar-refractivity contribution in [1.82, 2.24) is 5.32 Å². The van der Waals surface area contributed by atoms with Crippen molar-refractivity contribution in [3.05, 3.63) is 76.3 Å². The van der Waals surface area contributed by atoms with Crippen LogP contribution >= 0.6 is 35.4 Å². The highest BCUT2D eigenvalue weighted by Gasteiger charge is 2.12. The molecule has 0 aliphatic heterocycles. The molecule has 1 amide bonds. The lowest BCUT2D eigenvalue weighted by molar-refractivity contribution is 0.0979. The molecule has 0 bridgehead atoms. The standard InChI is InChI=1S/C18H12Cl2N2OS/c19-12-8-9-15(20)16(10-12)21-18(24)22-17(23)14-7-3-5-11-4-1-2-6-13(11)14/h1-10H,(H2,21,22,23,24). The van der Waals surface area contributed by atoms with E-state index < -0.39 is 0 Å². The Morgan fingerprint density at radius 1 is 0.958 bits per heavy atom. The zero-order valence-electron chi connectivity index (χ0n) is 12.3. The molecule has 0 heterocycles. The van der Waals surface area contributed by atoms with Crippen molar-refractivity contribution >= 4 is 62.9 Å². The average molecular weight is 375 g/mol. The maximum absolute atomic E-state index is 12.5. The van der Waals surface area contributed by atoms with Gasteiger partial charge in [0.1, 0.15) is 0 Å². The van der Waals surface area contributed by atoms with E-state index in [1.54, 1.807) is 24.3 Å². The first-order valence-electron chi connectivity index (χ1n) is 7.10. The molecule has 0 aromatic heterocycles. The third kappa shape index (κ3) is 3.67. The Hall–Kier alpha value is -2.14. The summed E-state index contributed by atoms with van der Waals surface area (Å²) in [6.45, 7) is 0. The van der Waals surface area contributed by atoms with Gasteiger partial charge in [0.15, 0.2) is 5.11 Å². The van der Waals surface area contributed by atoms with E-state index in [1.807, 2.05) is 36.4 Å². The molecule has 0 spiro atoms. The van der Waals surface area contributed by atoms with Crippen molar-refractivity contribution in [2.75, 3.05) is 5.32 Å². The quantitative estimate of drug-likeness (QED) is 0.600. The second kappa shape index (κ2) is 7.18. The van der Waals surface area contributed by atoms with E-state index in [0.717, 1.165) is 10.8 Å². The molecule has 3 aromatic carbocycles. The molecule has 0 fully saturated rings. The molecule has 3 nitrogen and oxygen atoms in total. The Balaban J connectivity index is 1.79. The van der Waals surface area contributed by atoms with Crippen LogP contribution in [-0.2, 0) is 0 Å². The van der Waals surface area contributed by atoms with Crippen molar-refractivity contribution in [3.8, 4) is 0 Å². The van der Waals surface area contributed by atoms with Gasteiger partial charge in [0.05, 0.1) is 10.7 Å². The number of rotatable bonds is 2. The molecule has 3 aromatic rings. The van der Waals surface area contributed by atoms with Gasteiger partial charge in [0.2, 0.25) is 0 Å². The summed E-state index contributed by atoms with van der Waals surface area (Å²) >= 11 is 17.2. The number of carbonyl (C=O) groups is 1. The van der Waals surface area contributed by atoms with Crippen LogP contribution in [0.15, 0.2) is 60.7 Å². The minimum Gasteiger partial charge on any atom is -0.331 e. The summed E-state index contributed by atoms with van der Waals surface area (Å²) in [5.41, 5.74) is 1.09. The summed E-state index contributed by atoms with van der Waals surface area (Å²) in [7, 11) is 0. The van der Waals surface area contributed by atoms with Gasteiger partial charge in [-0.2, -0.15) is 0 Å². The number of nitrogens with one attached hydrogen (secondary N) is 2. The molecule has 0 aliphatic carbocycles. The predicted octanol–water partition coefficient (Wildman–Crippen LogP) is 5.27. The van der Waals surface area contributed by atoms with Crippen LogP contribution in [0.4, 0.5) is 5.69 Å². The second-order valence-electron chi connectivity index (χ2n) is 5.06. The summed E-state index contributed by atoms with van der Waals surface area (Å²) in [5.74, 6) is -0.289. The van der Waals surface area contributed by atoms with Gasteiger partial charge in [-0.05, 0) is 47.3 Å². The fourth-order valence-corrected chi connectivity index (χ4v) is 2.88. The van der Waals surface area contributed by atoms with Crippen molar-refractivity contribution in [3.63, 3.8) is 0 Å². The van der Waals surface area contributed by atoms with Gasteiger partial charge in [-0.3, -0.25) is 10.1 Å². The number of anilines is 1. The van der Waals surface area contributed by atoms with Gasteiger partial charge in [0.25, 0.3) is 5.91 Å². The molecule has 0 aliphatic rings. The van der Waals surface area contributed by atoms with Gasteiger partial charge >= 0.3 is 0 Å². The van der Waals surface area contributed by atoms with Gasteiger partial charge in [-0.1, -0.05) is 59.6 Å². The van der Waals surface area contributed by atoms with Crippen LogP contribution in [0.3, 0.4) is 0 Å². The van der Waals surface area contributed by atoms with E-state index >= 15 is 0 Å². The van der Waals surface area contributed by atoms with Crippen LogP contribution in [0, 0.1) is 0 Å². The number of amides is 1. The Morgan fingerprint density at radius 2 is 1.71 bits per heavy atom. The summed E-state index contributed by atoms with van der Waals surface area (Å²) in [5, 5.41) is 8.52. The lowest BCUT2D eigenvalue weighted by atomic mass is 10.0. The monoisotopic (exact) mass is 374 g/mol. The highest BCUT2D eigenvalue weighted by atomic mass is 35.5. The lowest BCUT2D eigenvalue weighted by Crippen LogP contribution is -2.34. The lowest BCUT2D eigenvalue weighted by Gasteiger charge is -2.12. The fraction of sp³-hybridized carbons (Fsp3) is 0. The molecule has 24 heavy (non-hydrogen) atoms. The number of hydrogen-bond acceptors (Lipinski definition) is 2. The van der Waals surface area contributed by atoms with E-state index in [9.17, 15) is 4.79 Å². The van der Waals surface area contributed by atoms with Gasteiger partial charge in [-0.25, -0.2) is 0 Å². The topological polar surface area (TPSA) is 41.1 Å². The third-order valence-corrected chi connectivity index (χ3v) is 4.21. The highest BCUT2D eigenvalue weighted by Crippen LogP contribution is 2.25. The Labute approximate surface area is 154 Å². The molecular weight excluding hydrogens is 363 g/mol. The van der Waals surface area contributed by atoms with Crippen LogP contribution < -0.4 is 10.6 Å². The van der Waals surface area contributed by atoms with E-state index in [1.165, 1.54) is 0 Å². The molecule has 0 saturated heterocycles. The largest absolute Gasteiger partial charge is 0.331 e. The molecule has 0 radical (unpaired) electrons. The van der Waals surface area contributed by atoms with Crippen molar-refractivity contribution in [1.29, 1.82) is 0 Å². The minimum absolute atomic E-state index is 0.150. The molecule has 120 valence electrons. The molecular formula is C18H12Cl2N2OS. The zero-order valence-corrected chi connectivity index (χ0v) is 14.7. The summed E-state index contributed by atoms with van der Waals surface area (Å²) in [4.78, 5) is 12.5. The average Bonchev–Trinajstić information content (AvgIpc) is 2.57. The van der Waals surface area contributed by atoms with E-state index in [2.05, 4.69) is 10.6 Å². The van der Waals surface area contributed by atoms with E-state index in [-0.39, 0.29) is 11.0 Å². The highest BCUT2D eigenvalue weighted by molar-refractivity contribution is 7.80. The van der Waals surface area contributed by atoms with Gasteiger partial charge in [0, 0.05) is 10.6 Å². The summed E-state index contributed by atoms with van der Waals surface area (Å²) in [6.07, 6.45) is 0. The van der Waals surface area contributed by atoms with Crippen molar-refractivity contribution in [2.24, 2.45) is 0 Å². The minimum atomic E-state index is -0.289. The Bertz CT molecular complexity index is 938. The van der Waals surface area contributed by atoms with E-state index in [4.69, 9.17) is 35.4 Å². The first-order chi connectivity index (χ1) is 11.5. The first kappa shape index (κ1) is 16.7. The number of thiocarbonyl (C=S) groups is 1. The van der Waals surface area contributed by atoms with Crippen LogP contribution in [0.5, 0.6) is 0 Å². The van der Waals surface area contributed by atoms with Crippen LogP contribution in [0.2, 0.25) is 10.0 Å². The molecule has 6 heteroatoms. The van der Waals surface area contributed by atoms with Crippen molar-refractivity contribution in [2.45, 2.75) is 0 Å². The predicted molar refractivity (Wildman–Crippen MR) is 104 cm³/mol. The first-order valence-corrected chi connectivity index (χ1v) is 8.26. The van der Waals surface area contributed by atoms with Crippen LogP contribution in [0.1, 0.15) is 10.4 Å². The number of halogens is 2. The van der Waals surface area contributed by atoms with Gasteiger partial charge < -0.3 is 5.32 Å². The Kier molecular flexibility index (Phi) is 5.00. The number of hydrogen-bond donors (Lipinski definition) is 2. The van der Waals surface area contributed by atoms with Crippen LogP contribution in [-0.4, -0.2) is 11.0 Å². The number of fused-ring (bicyclic) bond motifs is 1. The summed E-state index contributed by atoms with van der Waals surface area (Å²) in [6, 6.07) is 18.2. The van der Waals surface area contributed by atoms with Crippen molar-refractivity contribution < 1.29 is 4.79 Å². The molecule has 3 rings (SSSR count). The number of carbonyl (C=O) groups excluding carboxylic acids is 1. The zero-order chi connectivity index (χ0) is 17.1. The second-order valence-corrected chi connectivity index (χ2v) is 6.31. The third-order valence-electron chi connectivity index (χ3n) is 3.44. The maximum atomic E-state index is 12.5. The van der Waals surface area contributed by atoms with E-state index in [0.29, 0.717) is 21.3 Å². The molecule has 2 N–H and O–H groups in total. The SMILES string of the molecule is O=C(NC(=S)Nc1cc(Cl)ccc1Cl)c1cccc2ccccc12. The summed E-state index contributed by atoms with van der Waals surface area (Å²) < 4.78 is 0. The number of benzene rings is 3. The smallest absolute Gasteiger partial charge is 0.258 e. The molecule has 0 unspecified atom stereocenters. The Morgan fingerprint density at radius 3 is 2.54 bits per heavy atom. The van der Waals surface area contributed by atoms with Crippen LogP contribution in [0.25, 0.3) is 10.8 Å². The molecule has 0 atom stereocenters. The maximum Gasteiger partial charge on any atom is 0.258 e. The normalized spacial score (nSPS) is 10.4. The molecule has 0 saturated carbocycles. The fourth-order valence-electron chi connectivity index (χ4n) is 2.34.